The van der Waals surface area contributed by atoms with E-state index in [0.29, 0.717) is 18.8 Å². The average Bonchev–Trinajstić information content (AvgIpc) is 3.41. The highest BCUT2D eigenvalue weighted by molar-refractivity contribution is 7.91. The van der Waals surface area contributed by atoms with Crippen molar-refractivity contribution in [3.63, 3.8) is 0 Å². The van der Waals surface area contributed by atoms with E-state index in [-0.39, 0.29) is 29.7 Å². The molecule has 0 saturated carbocycles. The Morgan fingerprint density at radius 2 is 1.88 bits per heavy atom. The zero-order valence-corrected chi connectivity index (χ0v) is 19.9. The van der Waals surface area contributed by atoms with Crippen molar-refractivity contribution in [3.8, 4) is 17.1 Å². The summed E-state index contributed by atoms with van der Waals surface area (Å²) in [5, 5.41) is 4.02. The molecule has 1 atom stereocenters. The zero-order chi connectivity index (χ0) is 23.6. The largest absolute Gasteiger partial charge is 0.494 e. The highest BCUT2D eigenvalue weighted by atomic mass is 32.2. The molecule has 1 amide bonds. The van der Waals surface area contributed by atoms with Gasteiger partial charge in [0.05, 0.1) is 18.1 Å². The predicted octanol–water partition coefficient (Wildman–Crippen LogP) is 4.19. The third kappa shape index (κ3) is 5.27. The molecular weight excluding hydrogens is 440 g/mol. The number of amides is 1. The van der Waals surface area contributed by atoms with E-state index >= 15 is 0 Å². The molecule has 2 heterocycles. The van der Waals surface area contributed by atoms with Crippen LogP contribution < -0.4 is 4.74 Å². The van der Waals surface area contributed by atoms with E-state index in [9.17, 15) is 13.2 Å². The smallest absolute Gasteiger partial charge is 0.276 e. The molecule has 0 unspecified atom stereocenters. The number of rotatable bonds is 7. The maximum atomic E-state index is 13.5. The maximum absolute atomic E-state index is 13.5. The molecule has 0 N–H and O–H groups in total. The lowest BCUT2D eigenvalue weighted by Gasteiger charge is -2.27. The molecule has 1 aliphatic heterocycles. The number of hydrogen-bond donors (Lipinski definition) is 0. The Labute approximate surface area is 194 Å². The van der Waals surface area contributed by atoms with Crippen LogP contribution in [-0.2, 0) is 16.4 Å². The summed E-state index contributed by atoms with van der Waals surface area (Å²) in [5.74, 6) is 0.943. The first-order valence-corrected chi connectivity index (χ1v) is 12.9. The molecule has 7 nitrogen and oxygen atoms in total. The Bertz CT molecular complexity index is 1250. The maximum Gasteiger partial charge on any atom is 0.276 e. The summed E-state index contributed by atoms with van der Waals surface area (Å²) in [5.41, 5.74) is 4.17. The second kappa shape index (κ2) is 9.39. The molecule has 1 fully saturated rings. The van der Waals surface area contributed by atoms with Crippen LogP contribution in [0.3, 0.4) is 0 Å². The van der Waals surface area contributed by atoms with Crippen LogP contribution in [0.1, 0.15) is 40.5 Å². The van der Waals surface area contributed by atoms with Gasteiger partial charge in [0, 0.05) is 24.2 Å². The summed E-state index contributed by atoms with van der Waals surface area (Å²) >= 11 is 0. The third-order valence-electron chi connectivity index (χ3n) is 6.02. The minimum absolute atomic E-state index is 0.0440. The summed E-state index contributed by atoms with van der Waals surface area (Å²) in [4.78, 5) is 15.1. The number of aryl methyl sites for hydroxylation is 2. The van der Waals surface area contributed by atoms with Crippen LogP contribution in [0.25, 0.3) is 11.3 Å². The highest BCUT2D eigenvalue weighted by Crippen LogP contribution is 2.26. The normalized spacial score (nSPS) is 17.1. The molecule has 0 spiro atoms. The predicted molar refractivity (Wildman–Crippen MR) is 126 cm³/mol. The lowest BCUT2D eigenvalue weighted by molar-refractivity contribution is 0.0670. The van der Waals surface area contributed by atoms with Gasteiger partial charge in [-0.2, -0.15) is 0 Å². The van der Waals surface area contributed by atoms with Gasteiger partial charge < -0.3 is 14.2 Å². The van der Waals surface area contributed by atoms with Gasteiger partial charge in [-0.1, -0.05) is 29.4 Å². The lowest BCUT2D eigenvalue weighted by Crippen LogP contribution is -2.40. The summed E-state index contributed by atoms with van der Waals surface area (Å²) in [7, 11) is -3.17. The molecule has 174 valence electrons. The zero-order valence-electron chi connectivity index (χ0n) is 19.1. The monoisotopic (exact) mass is 468 g/mol. The molecule has 2 aromatic carbocycles. The van der Waals surface area contributed by atoms with E-state index in [1.807, 2.05) is 63.2 Å². The van der Waals surface area contributed by atoms with E-state index < -0.39 is 15.9 Å². The molecule has 4 rings (SSSR count). The van der Waals surface area contributed by atoms with E-state index in [1.54, 1.807) is 11.0 Å². The molecule has 0 aliphatic carbocycles. The summed E-state index contributed by atoms with van der Waals surface area (Å²) in [6, 6.07) is 14.6. The van der Waals surface area contributed by atoms with Gasteiger partial charge in [-0.3, -0.25) is 4.79 Å². The summed E-state index contributed by atoms with van der Waals surface area (Å²) in [6.07, 6.45) is 0.410. The molecule has 1 aromatic heterocycles. The third-order valence-corrected chi connectivity index (χ3v) is 7.77. The topological polar surface area (TPSA) is 89.7 Å². The van der Waals surface area contributed by atoms with Crippen molar-refractivity contribution in [3.05, 3.63) is 70.9 Å². The van der Waals surface area contributed by atoms with E-state index in [2.05, 4.69) is 5.16 Å². The molecule has 1 saturated heterocycles. The van der Waals surface area contributed by atoms with Gasteiger partial charge >= 0.3 is 0 Å². The van der Waals surface area contributed by atoms with Crippen molar-refractivity contribution in [2.24, 2.45) is 0 Å². The van der Waals surface area contributed by atoms with Crippen LogP contribution in [0.2, 0.25) is 0 Å². The van der Waals surface area contributed by atoms with Crippen molar-refractivity contribution in [1.82, 2.24) is 10.1 Å². The number of carbonyl (C=O) groups excluding carboxylic acids is 1. The molecular formula is C25H28N2O5S. The number of hydrogen-bond acceptors (Lipinski definition) is 6. The van der Waals surface area contributed by atoms with Crippen molar-refractivity contribution in [2.75, 3.05) is 18.1 Å². The first-order chi connectivity index (χ1) is 15.8. The Hall–Kier alpha value is -3.13. The standard InChI is InChI=1S/C25H28N2O5S/c1-4-31-22-9-6-19(7-10-22)15-27(21-11-12-33(29,30)16-21)25(28)23-14-24(32-26-23)20-8-5-17(2)18(3)13-20/h5-10,13-14,21H,4,11-12,15-16H2,1-3H3/t21-/m1/s1. The number of benzene rings is 2. The first kappa shape index (κ1) is 23.0. The number of carbonyl (C=O) groups is 1. The molecule has 0 radical (unpaired) electrons. The van der Waals surface area contributed by atoms with Crippen molar-refractivity contribution in [1.29, 1.82) is 0 Å². The van der Waals surface area contributed by atoms with Crippen LogP contribution in [0.4, 0.5) is 0 Å². The van der Waals surface area contributed by atoms with Crippen LogP contribution >= 0.6 is 0 Å². The van der Waals surface area contributed by atoms with E-state index in [0.717, 1.165) is 22.4 Å². The second-order valence-electron chi connectivity index (χ2n) is 8.44. The van der Waals surface area contributed by atoms with E-state index in [1.165, 1.54) is 5.56 Å². The SMILES string of the molecule is CCOc1ccc(CN(C(=O)c2cc(-c3ccc(C)c(C)c3)on2)[C@@H]2CCS(=O)(=O)C2)cc1. The molecule has 33 heavy (non-hydrogen) atoms. The second-order valence-corrected chi connectivity index (χ2v) is 10.7. The van der Waals surface area contributed by atoms with Gasteiger partial charge in [-0.15, -0.1) is 0 Å². The lowest BCUT2D eigenvalue weighted by atomic mass is 10.0. The molecule has 1 aliphatic rings. The van der Waals surface area contributed by atoms with Gasteiger partial charge in [-0.25, -0.2) is 8.42 Å². The fourth-order valence-corrected chi connectivity index (χ4v) is 5.73. The van der Waals surface area contributed by atoms with Crippen molar-refractivity contribution in [2.45, 2.75) is 39.8 Å². The van der Waals surface area contributed by atoms with Crippen LogP contribution in [0.15, 0.2) is 53.1 Å². The summed E-state index contributed by atoms with van der Waals surface area (Å²) in [6.45, 7) is 6.80. The molecule has 3 aromatic rings. The van der Waals surface area contributed by atoms with Crippen LogP contribution in [0.5, 0.6) is 5.75 Å². The molecule has 8 heteroatoms. The average molecular weight is 469 g/mol. The Kier molecular flexibility index (Phi) is 6.56. The van der Waals surface area contributed by atoms with Gasteiger partial charge in [0.15, 0.2) is 21.3 Å². The highest BCUT2D eigenvalue weighted by Gasteiger charge is 2.36. The van der Waals surface area contributed by atoms with Gasteiger partial charge in [0.1, 0.15) is 5.75 Å². The van der Waals surface area contributed by atoms with Gasteiger partial charge in [-0.05, 0) is 62.1 Å². The fraction of sp³-hybridized carbons (Fsp3) is 0.360. The Morgan fingerprint density at radius 1 is 1.12 bits per heavy atom. The van der Waals surface area contributed by atoms with Crippen molar-refractivity contribution >= 4 is 15.7 Å². The van der Waals surface area contributed by atoms with Gasteiger partial charge in [0.2, 0.25) is 0 Å². The Morgan fingerprint density at radius 3 is 2.52 bits per heavy atom. The number of aromatic nitrogens is 1. The Balaban J connectivity index is 1.60. The van der Waals surface area contributed by atoms with Gasteiger partial charge in [0.25, 0.3) is 5.91 Å². The van der Waals surface area contributed by atoms with Crippen molar-refractivity contribution < 1.29 is 22.5 Å². The number of sulfone groups is 1. The molecule has 0 bridgehead atoms. The fourth-order valence-electron chi connectivity index (χ4n) is 4.00. The van der Waals surface area contributed by atoms with Crippen LogP contribution in [-0.4, -0.2) is 48.5 Å². The minimum Gasteiger partial charge on any atom is -0.494 e. The van der Waals surface area contributed by atoms with E-state index in [4.69, 9.17) is 9.26 Å². The first-order valence-electron chi connectivity index (χ1n) is 11.0. The number of nitrogens with zero attached hydrogens (tertiary/aromatic N) is 2. The number of ether oxygens (including phenoxy) is 1. The minimum atomic E-state index is -3.17. The quantitative estimate of drug-likeness (QED) is 0.517. The summed E-state index contributed by atoms with van der Waals surface area (Å²) < 4.78 is 35.2. The van der Waals surface area contributed by atoms with Crippen LogP contribution in [0, 0.1) is 13.8 Å².